The van der Waals surface area contributed by atoms with Crippen molar-refractivity contribution in [1.82, 2.24) is 0 Å². The molecule has 0 saturated carbocycles. The summed E-state index contributed by atoms with van der Waals surface area (Å²) in [6.07, 6.45) is -7.92. The quantitative estimate of drug-likeness (QED) is 0.164. The molecule has 0 spiro atoms. The summed E-state index contributed by atoms with van der Waals surface area (Å²) in [5.41, 5.74) is -0.671. The predicted molar refractivity (Wildman–Crippen MR) is 106 cm³/mol. The fourth-order valence-corrected chi connectivity index (χ4v) is 3.15. The van der Waals surface area contributed by atoms with Crippen LogP contribution in [0.5, 0.6) is 5.75 Å². The Morgan fingerprint density at radius 3 is 2.03 bits per heavy atom. The number of non-ortho nitro benzene ring substituents is 1. The first-order valence-corrected chi connectivity index (χ1v) is 9.63. The van der Waals surface area contributed by atoms with Crippen molar-refractivity contribution in [2.45, 2.75) is 51.5 Å². The van der Waals surface area contributed by atoms with E-state index in [1.807, 2.05) is 0 Å². The zero-order valence-electron chi connectivity index (χ0n) is 18.5. The van der Waals surface area contributed by atoms with Gasteiger partial charge in [-0.2, -0.15) is 0 Å². The van der Waals surface area contributed by atoms with Crippen LogP contribution in [0.25, 0.3) is 0 Å². The number of nitrogens with zero attached hydrogens (tertiary/aromatic N) is 1. The molecule has 0 N–H and O–H groups in total. The molecule has 5 atom stereocenters. The van der Waals surface area contributed by atoms with E-state index >= 15 is 0 Å². The van der Waals surface area contributed by atoms with Crippen molar-refractivity contribution in [2.24, 2.45) is 0 Å². The van der Waals surface area contributed by atoms with Crippen molar-refractivity contribution < 1.29 is 57.3 Å². The number of nitro groups is 1. The van der Waals surface area contributed by atoms with Crippen molar-refractivity contribution in [3.63, 3.8) is 0 Å². The molecule has 1 fully saturated rings. The number of esters is 4. The van der Waals surface area contributed by atoms with Crippen LogP contribution in [-0.4, -0.2) is 72.9 Å². The lowest BCUT2D eigenvalue weighted by atomic mass is 9.97. The smallest absolute Gasteiger partial charge is 0.339 e. The van der Waals surface area contributed by atoms with Gasteiger partial charge in [-0.05, 0) is 6.07 Å². The molecule has 14 heteroatoms. The van der Waals surface area contributed by atoms with Gasteiger partial charge in [0.25, 0.3) is 5.69 Å². The van der Waals surface area contributed by atoms with Gasteiger partial charge in [-0.15, -0.1) is 0 Å². The highest BCUT2D eigenvalue weighted by atomic mass is 16.7. The van der Waals surface area contributed by atoms with Crippen LogP contribution in [0.15, 0.2) is 18.2 Å². The van der Waals surface area contributed by atoms with E-state index in [4.69, 9.17) is 23.7 Å². The van der Waals surface area contributed by atoms with Gasteiger partial charge in [-0.3, -0.25) is 29.3 Å². The number of ether oxygens (including phenoxy) is 6. The average molecular weight is 483 g/mol. The van der Waals surface area contributed by atoms with E-state index < -0.39 is 65.2 Å². The van der Waals surface area contributed by atoms with Gasteiger partial charge in [0.05, 0.1) is 17.6 Å². The van der Waals surface area contributed by atoms with E-state index in [0.29, 0.717) is 0 Å². The Hall–Kier alpha value is -4.07. The monoisotopic (exact) mass is 483 g/mol. The van der Waals surface area contributed by atoms with Gasteiger partial charge in [0.15, 0.2) is 24.6 Å². The average Bonchev–Trinajstić information content (AvgIpc) is 2.76. The van der Waals surface area contributed by atoms with Crippen LogP contribution in [0.1, 0.15) is 31.1 Å². The third-order valence-electron chi connectivity index (χ3n) is 4.41. The standard InChI is InChI=1S/C20H21NO13/c1-9(23)30-15-16(31-10(2)24)18(32-11(3)25)20(34-17(15)19(26)29-4)33-14-6-5-13(21(27)28)7-12(14)8-22/h5-8,15-18,20H,1-4H3. The molecule has 0 amide bonds. The summed E-state index contributed by atoms with van der Waals surface area (Å²) in [5, 5.41) is 11.0. The van der Waals surface area contributed by atoms with Crippen molar-refractivity contribution in [1.29, 1.82) is 0 Å². The summed E-state index contributed by atoms with van der Waals surface area (Å²) in [5.74, 6) is -3.92. The van der Waals surface area contributed by atoms with E-state index in [1.54, 1.807) is 0 Å². The number of methoxy groups -OCH3 is 1. The minimum Gasteiger partial charge on any atom is -0.467 e. The molecule has 184 valence electrons. The Morgan fingerprint density at radius 2 is 1.53 bits per heavy atom. The summed E-state index contributed by atoms with van der Waals surface area (Å²) in [4.78, 5) is 69.3. The maximum absolute atomic E-state index is 12.4. The third kappa shape index (κ3) is 6.25. The van der Waals surface area contributed by atoms with Crippen LogP contribution >= 0.6 is 0 Å². The van der Waals surface area contributed by atoms with Crippen LogP contribution < -0.4 is 4.74 Å². The fraction of sp³-hybridized carbons (Fsp3) is 0.450. The minimum absolute atomic E-state index is 0.237. The molecule has 1 saturated heterocycles. The van der Waals surface area contributed by atoms with Gasteiger partial charge in [0.1, 0.15) is 5.75 Å². The normalized spacial score (nSPS) is 23.7. The molecule has 1 aromatic rings. The predicted octanol–water partition coefficient (Wildman–Crippen LogP) is 0.479. The number of aldehydes is 1. The molecule has 1 aliphatic heterocycles. The van der Waals surface area contributed by atoms with Crippen LogP contribution in [0.2, 0.25) is 0 Å². The topological polar surface area (TPSA) is 184 Å². The zero-order valence-corrected chi connectivity index (χ0v) is 18.5. The van der Waals surface area contributed by atoms with E-state index in [-0.39, 0.29) is 17.6 Å². The van der Waals surface area contributed by atoms with Crippen molar-refractivity contribution in [3.8, 4) is 5.75 Å². The molecule has 1 heterocycles. The summed E-state index contributed by atoms with van der Waals surface area (Å²) >= 11 is 0. The largest absolute Gasteiger partial charge is 0.467 e. The van der Waals surface area contributed by atoms with E-state index in [9.17, 15) is 34.1 Å². The van der Waals surface area contributed by atoms with Gasteiger partial charge in [-0.25, -0.2) is 4.79 Å². The lowest BCUT2D eigenvalue weighted by molar-refractivity contribution is -0.384. The van der Waals surface area contributed by atoms with Crippen LogP contribution in [0.3, 0.4) is 0 Å². The lowest BCUT2D eigenvalue weighted by Crippen LogP contribution is -2.64. The number of carbonyl (C=O) groups excluding carboxylic acids is 5. The van der Waals surface area contributed by atoms with Gasteiger partial charge < -0.3 is 28.4 Å². The Bertz CT molecular complexity index is 991. The van der Waals surface area contributed by atoms with Gasteiger partial charge >= 0.3 is 23.9 Å². The molecule has 0 aromatic heterocycles. The number of hydrogen-bond acceptors (Lipinski definition) is 13. The van der Waals surface area contributed by atoms with E-state index in [2.05, 4.69) is 4.74 Å². The number of rotatable bonds is 8. The second-order valence-corrected chi connectivity index (χ2v) is 6.89. The number of hydrogen-bond donors (Lipinski definition) is 0. The summed E-state index contributed by atoms with van der Waals surface area (Å²) in [6, 6.07) is 3.05. The molecule has 0 radical (unpaired) electrons. The molecule has 34 heavy (non-hydrogen) atoms. The molecule has 1 aromatic carbocycles. The molecule has 0 bridgehead atoms. The summed E-state index contributed by atoms with van der Waals surface area (Å²) in [7, 11) is 1.02. The van der Waals surface area contributed by atoms with Crippen molar-refractivity contribution in [3.05, 3.63) is 33.9 Å². The Morgan fingerprint density at radius 1 is 0.971 bits per heavy atom. The van der Waals surface area contributed by atoms with E-state index in [1.165, 1.54) is 0 Å². The molecular weight excluding hydrogens is 462 g/mol. The number of benzene rings is 1. The molecule has 1 aliphatic rings. The Kier molecular flexibility index (Phi) is 8.61. The first-order valence-electron chi connectivity index (χ1n) is 9.63. The minimum atomic E-state index is -1.70. The van der Waals surface area contributed by atoms with Crippen molar-refractivity contribution >= 4 is 35.9 Å². The highest BCUT2D eigenvalue weighted by Crippen LogP contribution is 2.32. The van der Waals surface area contributed by atoms with Crippen molar-refractivity contribution in [2.75, 3.05) is 7.11 Å². The highest BCUT2D eigenvalue weighted by molar-refractivity contribution is 5.81. The maximum atomic E-state index is 12.4. The zero-order chi connectivity index (χ0) is 25.6. The van der Waals surface area contributed by atoms with Crippen LogP contribution in [-0.2, 0) is 42.9 Å². The first-order chi connectivity index (χ1) is 16.0. The Balaban J connectivity index is 2.57. The molecule has 14 nitrogen and oxygen atoms in total. The van der Waals surface area contributed by atoms with Crippen LogP contribution in [0.4, 0.5) is 5.69 Å². The van der Waals surface area contributed by atoms with Gasteiger partial charge in [0.2, 0.25) is 12.4 Å². The molecule has 5 unspecified atom stereocenters. The fourth-order valence-electron chi connectivity index (χ4n) is 3.15. The lowest BCUT2D eigenvalue weighted by Gasteiger charge is -2.43. The summed E-state index contributed by atoms with van der Waals surface area (Å²) in [6.45, 7) is 3.07. The SMILES string of the molecule is COC(=O)C1OC(Oc2ccc([N+](=O)[O-])cc2C=O)C(OC(C)=O)C(OC(C)=O)C1OC(C)=O. The molecule has 0 aliphatic carbocycles. The third-order valence-corrected chi connectivity index (χ3v) is 4.41. The van der Waals surface area contributed by atoms with Gasteiger partial charge in [0, 0.05) is 32.9 Å². The van der Waals surface area contributed by atoms with Crippen LogP contribution in [0, 0.1) is 10.1 Å². The number of nitro benzene ring substituents is 1. The maximum Gasteiger partial charge on any atom is 0.339 e. The second kappa shape index (κ2) is 11.2. The Labute approximate surface area is 192 Å². The highest BCUT2D eigenvalue weighted by Gasteiger charge is 2.55. The summed E-state index contributed by atoms with van der Waals surface area (Å²) < 4.78 is 31.4. The van der Waals surface area contributed by atoms with Gasteiger partial charge in [-0.1, -0.05) is 0 Å². The second-order valence-electron chi connectivity index (χ2n) is 6.89. The molecular formula is C20H21NO13. The van der Waals surface area contributed by atoms with E-state index in [0.717, 1.165) is 46.1 Å². The first kappa shape index (κ1) is 26.2. The molecule has 2 rings (SSSR count). The number of carbonyl (C=O) groups is 5.